The summed E-state index contributed by atoms with van der Waals surface area (Å²) in [6, 6.07) is 7.23. The fraction of sp³-hybridized carbons (Fsp3) is 0.552. The summed E-state index contributed by atoms with van der Waals surface area (Å²) in [5.74, 6) is -1.21. The summed E-state index contributed by atoms with van der Waals surface area (Å²) in [4.78, 5) is 66.5. The molecule has 1 aromatic carbocycles. The first kappa shape index (κ1) is 31.5. The van der Waals surface area contributed by atoms with E-state index in [1.54, 1.807) is 12.1 Å². The van der Waals surface area contributed by atoms with E-state index >= 15 is 0 Å². The van der Waals surface area contributed by atoms with Crippen molar-refractivity contribution in [2.24, 2.45) is 0 Å². The number of aromatic amines is 1. The van der Waals surface area contributed by atoms with Crippen LogP contribution in [0.25, 0.3) is 0 Å². The molecule has 1 amide bonds. The molecule has 10 nitrogen and oxygen atoms in total. The first-order chi connectivity index (χ1) is 18.6. The lowest BCUT2D eigenvalue weighted by atomic mass is 9.97. The smallest absolute Gasteiger partial charge is 0.330 e. The second-order valence-electron chi connectivity index (χ2n) is 9.77. The van der Waals surface area contributed by atoms with Crippen molar-refractivity contribution < 1.29 is 19.1 Å². The number of unbranched alkanes of at least 4 members (excludes halogenated alkanes) is 3. The van der Waals surface area contributed by atoms with Gasteiger partial charge < -0.3 is 15.4 Å². The predicted molar refractivity (Wildman–Crippen MR) is 152 cm³/mol. The summed E-state index contributed by atoms with van der Waals surface area (Å²) in [6.07, 6.45) is 4.29. The molecule has 214 valence electrons. The summed E-state index contributed by atoms with van der Waals surface area (Å²) in [5, 5.41) is 0. The van der Waals surface area contributed by atoms with E-state index in [9.17, 15) is 24.0 Å². The van der Waals surface area contributed by atoms with E-state index in [0.717, 1.165) is 31.2 Å². The third-order valence-electron chi connectivity index (χ3n) is 6.83. The van der Waals surface area contributed by atoms with Crippen molar-refractivity contribution in [2.45, 2.75) is 91.5 Å². The number of carbonyl (C=O) groups is 3. The Labute approximate surface area is 229 Å². The standard InChI is InChI=1S/C29H42N4O6/c1-5-8-10-18-32(26-27(30)33(17-9-6-2)29(38)31-28(26)37)24(35)15-16-25(36)39-19-23(34)22-13-11-21(12-14-22)20(4)7-3/h11-14,20H,5-10,15-19,30H2,1-4H3,(H,31,37,38)/t20-/m1/s1. The number of amides is 1. The molecular weight excluding hydrogens is 500 g/mol. The fourth-order valence-electron chi connectivity index (χ4n) is 4.14. The highest BCUT2D eigenvalue weighted by Crippen LogP contribution is 2.21. The summed E-state index contributed by atoms with van der Waals surface area (Å²) in [6.45, 7) is 8.27. The van der Waals surface area contributed by atoms with E-state index in [0.29, 0.717) is 30.9 Å². The lowest BCUT2D eigenvalue weighted by Gasteiger charge is -2.24. The second kappa shape index (κ2) is 15.7. The number of anilines is 2. The summed E-state index contributed by atoms with van der Waals surface area (Å²) in [5.41, 5.74) is 6.33. The van der Waals surface area contributed by atoms with Gasteiger partial charge in [-0.15, -0.1) is 0 Å². The van der Waals surface area contributed by atoms with Crippen LogP contribution in [0.15, 0.2) is 33.9 Å². The van der Waals surface area contributed by atoms with Crippen LogP contribution in [0, 0.1) is 0 Å². The third-order valence-corrected chi connectivity index (χ3v) is 6.83. The van der Waals surface area contributed by atoms with E-state index in [1.165, 1.54) is 9.47 Å². The van der Waals surface area contributed by atoms with Crippen LogP contribution in [-0.4, -0.2) is 40.4 Å². The molecule has 10 heteroatoms. The minimum Gasteiger partial charge on any atom is -0.457 e. The maximum atomic E-state index is 13.2. The Kier molecular flexibility index (Phi) is 12.7. The molecule has 0 aliphatic rings. The largest absolute Gasteiger partial charge is 0.457 e. The van der Waals surface area contributed by atoms with Crippen LogP contribution in [0.2, 0.25) is 0 Å². The Morgan fingerprint density at radius 1 is 1.00 bits per heavy atom. The van der Waals surface area contributed by atoms with Gasteiger partial charge in [0.05, 0.1) is 6.42 Å². The number of nitrogens with two attached hydrogens (primary N) is 1. The number of nitrogen functional groups attached to an aromatic ring is 1. The van der Waals surface area contributed by atoms with Crippen LogP contribution in [0.5, 0.6) is 0 Å². The van der Waals surface area contributed by atoms with Crippen LogP contribution in [-0.2, 0) is 20.9 Å². The van der Waals surface area contributed by atoms with Crippen molar-refractivity contribution >= 4 is 29.2 Å². The SMILES string of the molecule is CCCCCN(C(=O)CCC(=O)OCC(=O)c1ccc([C@H](C)CC)cc1)c1c(N)n(CCCC)c(=O)[nH]c1=O. The van der Waals surface area contributed by atoms with Crippen molar-refractivity contribution in [3.63, 3.8) is 0 Å². The fourth-order valence-corrected chi connectivity index (χ4v) is 4.14. The lowest BCUT2D eigenvalue weighted by Crippen LogP contribution is -2.41. The van der Waals surface area contributed by atoms with Gasteiger partial charge in [-0.3, -0.25) is 28.7 Å². The average molecular weight is 543 g/mol. The molecule has 1 heterocycles. The lowest BCUT2D eigenvalue weighted by molar-refractivity contribution is -0.143. The molecule has 1 atom stereocenters. The number of aromatic nitrogens is 2. The van der Waals surface area contributed by atoms with Crippen molar-refractivity contribution in [2.75, 3.05) is 23.8 Å². The quantitative estimate of drug-likeness (QED) is 0.184. The van der Waals surface area contributed by atoms with E-state index in [1.807, 2.05) is 26.0 Å². The molecule has 2 aromatic rings. The molecule has 0 spiro atoms. The number of ether oxygens (including phenoxy) is 1. The van der Waals surface area contributed by atoms with Crippen molar-refractivity contribution in [3.8, 4) is 0 Å². The van der Waals surface area contributed by atoms with Gasteiger partial charge in [-0.05, 0) is 30.7 Å². The topological polar surface area (TPSA) is 145 Å². The van der Waals surface area contributed by atoms with E-state index in [2.05, 4.69) is 18.8 Å². The van der Waals surface area contributed by atoms with Crippen LogP contribution in [0.3, 0.4) is 0 Å². The van der Waals surface area contributed by atoms with Crippen molar-refractivity contribution in [1.29, 1.82) is 0 Å². The summed E-state index contributed by atoms with van der Waals surface area (Å²) < 4.78 is 6.38. The maximum Gasteiger partial charge on any atom is 0.330 e. The Morgan fingerprint density at radius 2 is 1.67 bits per heavy atom. The highest BCUT2D eigenvalue weighted by molar-refractivity contribution is 5.99. The number of esters is 1. The van der Waals surface area contributed by atoms with Gasteiger partial charge >= 0.3 is 11.7 Å². The molecule has 0 unspecified atom stereocenters. The van der Waals surface area contributed by atoms with Gasteiger partial charge in [-0.2, -0.15) is 0 Å². The molecule has 3 N–H and O–H groups in total. The highest BCUT2D eigenvalue weighted by atomic mass is 16.5. The Bertz CT molecular complexity index is 1230. The van der Waals surface area contributed by atoms with Crippen molar-refractivity contribution in [3.05, 3.63) is 56.2 Å². The second-order valence-corrected chi connectivity index (χ2v) is 9.77. The number of hydrogen-bond acceptors (Lipinski definition) is 7. The third kappa shape index (κ3) is 8.94. The number of H-pyrrole nitrogens is 1. The van der Waals surface area contributed by atoms with Gasteiger partial charge in [-0.25, -0.2) is 4.79 Å². The van der Waals surface area contributed by atoms with Crippen LogP contribution in [0.4, 0.5) is 11.5 Å². The number of nitrogens with zero attached hydrogens (tertiary/aromatic N) is 2. The zero-order valence-electron chi connectivity index (χ0n) is 23.6. The predicted octanol–water partition coefficient (Wildman–Crippen LogP) is 4.16. The molecule has 39 heavy (non-hydrogen) atoms. The molecular formula is C29H42N4O6. The molecule has 0 aliphatic heterocycles. The molecule has 0 radical (unpaired) electrons. The summed E-state index contributed by atoms with van der Waals surface area (Å²) in [7, 11) is 0. The zero-order chi connectivity index (χ0) is 28.9. The van der Waals surface area contributed by atoms with Gasteiger partial charge in [0.2, 0.25) is 5.91 Å². The van der Waals surface area contributed by atoms with Gasteiger partial charge in [0.1, 0.15) is 5.82 Å². The van der Waals surface area contributed by atoms with E-state index in [-0.39, 0.29) is 36.7 Å². The van der Waals surface area contributed by atoms with E-state index in [4.69, 9.17) is 10.5 Å². The minimum absolute atomic E-state index is 0.0745. The Balaban J connectivity index is 2.07. The first-order valence-electron chi connectivity index (χ1n) is 13.9. The van der Waals surface area contributed by atoms with Gasteiger partial charge in [0.15, 0.2) is 18.1 Å². The molecule has 0 saturated heterocycles. The molecule has 0 bridgehead atoms. The van der Waals surface area contributed by atoms with Gasteiger partial charge in [-0.1, -0.05) is 71.2 Å². The Hall–Kier alpha value is -3.69. The number of carbonyl (C=O) groups excluding carboxylic acids is 3. The van der Waals surface area contributed by atoms with Crippen LogP contribution < -0.4 is 21.9 Å². The van der Waals surface area contributed by atoms with Crippen molar-refractivity contribution in [1.82, 2.24) is 9.55 Å². The summed E-state index contributed by atoms with van der Waals surface area (Å²) >= 11 is 0. The molecule has 1 aromatic heterocycles. The van der Waals surface area contributed by atoms with Gasteiger partial charge in [0, 0.05) is 25.1 Å². The molecule has 0 fully saturated rings. The monoisotopic (exact) mass is 542 g/mol. The number of ketones is 1. The average Bonchev–Trinajstić information content (AvgIpc) is 2.93. The number of hydrogen-bond donors (Lipinski definition) is 2. The maximum absolute atomic E-state index is 13.2. The number of rotatable bonds is 16. The Morgan fingerprint density at radius 3 is 2.28 bits per heavy atom. The highest BCUT2D eigenvalue weighted by Gasteiger charge is 2.24. The number of Topliss-reactive ketones (excluding diaryl/α,β-unsaturated/α-hetero) is 1. The molecule has 0 aliphatic carbocycles. The first-order valence-corrected chi connectivity index (χ1v) is 13.9. The number of nitrogens with one attached hydrogen (secondary N) is 1. The van der Waals surface area contributed by atoms with Crippen LogP contribution in [0.1, 0.15) is 101 Å². The molecule has 2 rings (SSSR count). The normalized spacial score (nSPS) is 11.7. The minimum atomic E-state index is -0.748. The van der Waals surface area contributed by atoms with Crippen LogP contribution >= 0.6 is 0 Å². The number of benzene rings is 1. The van der Waals surface area contributed by atoms with Gasteiger partial charge in [0.25, 0.3) is 5.56 Å². The molecule has 0 saturated carbocycles. The zero-order valence-corrected chi connectivity index (χ0v) is 23.6. The van der Waals surface area contributed by atoms with E-state index < -0.39 is 29.7 Å².